The molecule has 0 bridgehead atoms. The van der Waals surface area contributed by atoms with Gasteiger partial charge in [0, 0.05) is 11.6 Å². The van der Waals surface area contributed by atoms with E-state index in [2.05, 4.69) is 10.1 Å². The molecule has 2 aromatic rings. The van der Waals surface area contributed by atoms with Crippen LogP contribution in [0.4, 0.5) is 8.78 Å². The molecular formula is C17H19F2NO. The molecule has 0 radical (unpaired) electrons. The van der Waals surface area contributed by atoms with Gasteiger partial charge in [-0.25, -0.2) is 0 Å². The van der Waals surface area contributed by atoms with E-state index in [1.54, 1.807) is 12.1 Å². The fourth-order valence-corrected chi connectivity index (χ4v) is 2.36. The molecule has 112 valence electrons. The molecule has 0 saturated carbocycles. The highest BCUT2D eigenvalue weighted by molar-refractivity contribution is 5.37. The van der Waals surface area contributed by atoms with Crippen LogP contribution in [0.25, 0.3) is 0 Å². The average Bonchev–Trinajstić information content (AvgIpc) is 2.48. The van der Waals surface area contributed by atoms with Gasteiger partial charge in [0.05, 0.1) is 0 Å². The molecule has 2 nitrogen and oxygen atoms in total. The molecule has 2 rings (SSSR count). The number of rotatable bonds is 7. The number of alkyl halides is 2. The van der Waals surface area contributed by atoms with Crippen molar-refractivity contribution in [3.05, 3.63) is 65.7 Å². The average molecular weight is 291 g/mol. The normalized spacial score (nSPS) is 12.4. The number of halogens is 2. The fourth-order valence-electron chi connectivity index (χ4n) is 2.36. The molecule has 0 heterocycles. The maximum atomic E-state index is 12.5. The van der Waals surface area contributed by atoms with Gasteiger partial charge in [-0.15, -0.1) is 0 Å². The van der Waals surface area contributed by atoms with Crippen molar-refractivity contribution in [1.82, 2.24) is 5.32 Å². The van der Waals surface area contributed by atoms with E-state index in [-0.39, 0.29) is 11.8 Å². The van der Waals surface area contributed by atoms with Crippen molar-refractivity contribution in [3.63, 3.8) is 0 Å². The van der Waals surface area contributed by atoms with Crippen molar-refractivity contribution in [2.24, 2.45) is 0 Å². The third-order valence-electron chi connectivity index (χ3n) is 3.24. The predicted octanol–water partition coefficient (Wildman–Crippen LogP) is 4.18. The van der Waals surface area contributed by atoms with E-state index in [0.29, 0.717) is 0 Å². The smallest absolute Gasteiger partial charge is 0.387 e. The van der Waals surface area contributed by atoms with Crippen molar-refractivity contribution < 1.29 is 13.5 Å². The number of nitrogens with one attached hydrogen (secondary N) is 1. The van der Waals surface area contributed by atoms with Crippen LogP contribution in [0.3, 0.4) is 0 Å². The second kappa shape index (κ2) is 7.74. The van der Waals surface area contributed by atoms with Gasteiger partial charge >= 0.3 is 6.61 Å². The first-order valence-corrected chi connectivity index (χ1v) is 7.01. The molecule has 21 heavy (non-hydrogen) atoms. The largest absolute Gasteiger partial charge is 0.434 e. The zero-order valence-corrected chi connectivity index (χ0v) is 11.9. The Hall–Kier alpha value is -1.94. The Balaban J connectivity index is 2.25. The molecule has 2 aromatic carbocycles. The van der Waals surface area contributed by atoms with Gasteiger partial charge in [0.25, 0.3) is 0 Å². The third kappa shape index (κ3) is 4.53. The fraction of sp³-hybridized carbons (Fsp3) is 0.294. The zero-order valence-electron chi connectivity index (χ0n) is 11.9. The van der Waals surface area contributed by atoms with Gasteiger partial charge in [0.1, 0.15) is 5.75 Å². The maximum Gasteiger partial charge on any atom is 0.387 e. The van der Waals surface area contributed by atoms with E-state index in [1.165, 1.54) is 0 Å². The number of hydrogen-bond acceptors (Lipinski definition) is 2. The van der Waals surface area contributed by atoms with Gasteiger partial charge in [-0.2, -0.15) is 8.78 Å². The first kappa shape index (κ1) is 15.4. The topological polar surface area (TPSA) is 21.3 Å². The van der Waals surface area contributed by atoms with Crippen molar-refractivity contribution >= 4 is 0 Å². The summed E-state index contributed by atoms with van der Waals surface area (Å²) in [5, 5.41) is 3.34. The van der Waals surface area contributed by atoms with Crippen LogP contribution < -0.4 is 10.1 Å². The predicted molar refractivity (Wildman–Crippen MR) is 79.6 cm³/mol. The lowest BCUT2D eigenvalue weighted by Gasteiger charge is -2.21. The van der Waals surface area contributed by atoms with Gasteiger partial charge in [-0.05, 0) is 24.6 Å². The highest BCUT2D eigenvalue weighted by atomic mass is 19.3. The third-order valence-corrected chi connectivity index (χ3v) is 3.24. The second-order valence-corrected chi connectivity index (χ2v) is 4.72. The summed E-state index contributed by atoms with van der Waals surface area (Å²) in [6.45, 7) is -0.0695. The summed E-state index contributed by atoms with van der Waals surface area (Å²) >= 11 is 0. The minimum atomic E-state index is -2.81. The van der Waals surface area contributed by atoms with E-state index in [1.807, 2.05) is 49.4 Å². The van der Waals surface area contributed by atoms with Gasteiger partial charge < -0.3 is 10.1 Å². The lowest BCUT2D eigenvalue weighted by molar-refractivity contribution is -0.0507. The molecule has 0 aromatic heterocycles. The highest BCUT2D eigenvalue weighted by Gasteiger charge is 2.17. The molecule has 0 aliphatic rings. The van der Waals surface area contributed by atoms with Crippen LogP contribution in [-0.4, -0.2) is 13.2 Å². The second-order valence-electron chi connectivity index (χ2n) is 4.72. The Labute approximate surface area is 123 Å². The van der Waals surface area contributed by atoms with Crippen LogP contribution in [0.2, 0.25) is 0 Å². The van der Waals surface area contributed by atoms with E-state index in [4.69, 9.17) is 0 Å². The summed E-state index contributed by atoms with van der Waals surface area (Å²) in [4.78, 5) is 0. The van der Waals surface area contributed by atoms with Crippen LogP contribution in [0.5, 0.6) is 5.75 Å². The minimum absolute atomic E-state index is 0.0626. The Bertz CT molecular complexity index is 545. The molecule has 0 amide bonds. The molecular weight excluding hydrogens is 272 g/mol. The van der Waals surface area contributed by atoms with Crippen molar-refractivity contribution in [1.29, 1.82) is 0 Å². The number of ether oxygens (including phenoxy) is 1. The SMILES string of the molecule is CCNC(Cc1ccccc1)c1ccccc1OC(F)F. The monoisotopic (exact) mass is 291 g/mol. The molecule has 0 saturated heterocycles. The summed E-state index contributed by atoms with van der Waals surface area (Å²) in [7, 11) is 0. The summed E-state index contributed by atoms with van der Waals surface area (Å²) in [5.74, 6) is 0.231. The Morgan fingerprint density at radius 2 is 1.67 bits per heavy atom. The van der Waals surface area contributed by atoms with E-state index < -0.39 is 6.61 Å². The van der Waals surface area contributed by atoms with Crippen molar-refractivity contribution in [2.75, 3.05) is 6.54 Å². The van der Waals surface area contributed by atoms with Crippen molar-refractivity contribution in [3.8, 4) is 5.75 Å². The quantitative estimate of drug-likeness (QED) is 0.826. The first-order chi connectivity index (χ1) is 10.2. The van der Waals surface area contributed by atoms with Crippen LogP contribution in [0.15, 0.2) is 54.6 Å². The Morgan fingerprint density at radius 3 is 2.33 bits per heavy atom. The number of likely N-dealkylation sites (N-methyl/N-ethyl adjacent to an activating group) is 1. The highest BCUT2D eigenvalue weighted by Crippen LogP contribution is 2.28. The summed E-state index contributed by atoms with van der Waals surface area (Å²) in [5.41, 5.74) is 1.90. The van der Waals surface area contributed by atoms with Gasteiger partial charge in [0.15, 0.2) is 0 Å². The maximum absolute atomic E-state index is 12.5. The van der Waals surface area contributed by atoms with Crippen LogP contribution in [0, 0.1) is 0 Å². The standard InChI is InChI=1S/C17H19F2NO/c1-2-20-15(12-13-8-4-3-5-9-13)14-10-6-7-11-16(14)21-17(18)19/h3-11,15,17,20H,2,12H2,1H3. The number of para-hydroxylation sites is 1. The van der Waals surface area contributed by atoms with Gasteiger partial charge in [-0.1, -0.05) is 55.5 Å². The first-order valence-electron chi connectivity index (χ1n) is 7.01. The van der Waals surface area contributed by atoms with E-state index >= 15 is 0 Å². The van der Waals surface area contributed by atoms with Crippen LogP contribution >= 0.6 is 0 Å². The van der Waals surface area contributed by atoms with E-state index in [9.17, 15) is 8.78 Å². The summed E-state index contributed by atoms with van der Waals surface area (Å²) in [6.07, 6.45) is 0.721. The number of hydrogen-bond donors (Lipinski definition) is 1. The van der Waals surface area contributed by atoms with Crippen LogP contribution in [-0.2, 0) is 6.42 Å². The zero-order chi connectivity index (χ0) is 15.1. The van der Waals surface area contributed by atoms with E-state index in [0.717, 1.165) is 24.1 Å². The lowest BCUT2D eigenvalue weighted by Crippen LogP contribution is -2.24. The minimum Gasteiger partial charge on any atom is -0.434 e. The molecule has 0 spiro atoms. The Kier molecular flexibility index (Phi) is 5.69. The molecule has 0 aliphatic heterocycles. The molecule has 0 aliphatic carbocycles. The molecule has 1 atom stereocenters. The van der Waals surface area contributed by atoms with Crippen LogP contribution in [0.1, 0.15) is 24.1 Å². The van der Waals surface area contributed by atoms with Gasteiger partial charge in [0.2, 0.25) is 0 Å². The number of benzene rings is 2. The molecule has 4 heteroatoms. The summed E-state index contributed by atoms with van der Waals surface area (Å²) < 4.78 is 29.7. The lowest BCUT2D eigenvalue weighted by atomic mass is 9.98. The Morgan fingerprint density at radius 1 is 1.00 bits per heavy atom. The summed E-state index contributed by atoms with van der Waals surface area (Å²) in [6, 6.07) is 16.8. The van der Waals surface area contributed by atoms with Crippen molar-refractivity contribution in [2.45, 2.75) is 26.0 Å². The molecule has 1 N–H and O–H groups in total. The van der Waals surface area contributed by atoms with Gasteiger partial charge in [-0.3, -0.25) is 0 Å². The molecule has 1 unspecified atom stereocenters. The molecule has 0 fully saturated rings.